The Balaban J connectivity index is 2.21. The maximum Gasteiger partial charge on any atom is 0.315 e. The number of carbonyl (C=O) groups excluding carboxylic acids is 1. The molecule has 1 rings (SSSR count). The molecule has 0 bridgehead atoms. The van der Waals surface area contributed by atoms with Gasteiger partial charge in [0.15, 0.2) is 0 Å². The fourth-order valence-electron chi connectivity index (χ4n) is 2.58. The van der Waals surface area contributed by atoms with E-state index in [4.69, 9.17) is 0 Å². The van der Waals surface area contributed by atoms with E-state index >= 15 is 0 Å². The van der Waals surface area contributed by atoms with Crippen LogP contribution in [0.2, 0.25) is 0 Å². The SMILES string of the molecule is CCC1CCC(NC(=O)NCC(C)(O)CSC)CC1. The standard InChI is InChI=1S/C14H28N2O2S/c1-4-11-5-7-12(8-6-11)16-13(17)15-9-14(2,18)10-19-3/h11-12,18H,4-10H2,1-3H3,(H2,15,16,17). The second kappa shape index (κ2) is 8.00. The summed E-state index contributed by atoms with van der Waals surface area (Å²) in [5, 5.41) is 15.7. The Kier molecular flexibility index (Phi) is 7.00. The summed E-state index contributed by atoms with van der Waals surface area (Å²) in [6.07, 6.45) is 7.77. The average molecular weight is 288 g/mol. The molecule has 0 saturated heterocycles. The quantitative estimate of drug-likeness (QED) is 0.703. The van der Waals surface area contributed by atoms with Crippen LogP contribution in [0, 0.1) is 5.92 Å². The molecule has 112 valence electrons. The van der Waals surface area contributed by atoms with Gasteiger partial charge in [0, 0.05) is 18.3 Å². The van der Waals surface area contributed by atoms with Crippen LogP contribution in [0.5, 0.6) is 0 Å². The van der Waals surface area contributed by atoms with E-state index in [-0.39, 0.29) is 6.03 Å². The van der Waals surface area contributed by atoms with Crippen molar-refractivity contribution in [3.63, 3.8) is 0 Å². The molecule has 5 heteroatoms. The maximum absolute atomic E-state index is 11.8. The second-order valence-electron chi connectivity index (χ2n) is 5.88. The van der Waals surface area contributed by atoms with Crippen molar-refractivity contribution in [1.82, 2.24) is 10.6 Å². The lowest BCUT2D eigenvalue weighted by molar-refractivity contribution is 0.0866. The molecule has 4 nitrogen and oxygen atoms in total. The molecule has 1 fully saturated rings. The number of amides is 2. The molecule has 0 aromatic heterocycles. The van der Waals surface area contributed by atoms with E-state index in [1.807, 2.05) is 6.26 Å². The van der Waals surface area contributed by atoms with Crippen molar-refractivity contribution in [2.75, 3.05) is 18.6 Å². The van der Waals surface area contributed by atoms with Crippen molar-refractivity contribution in [3.05, 3.63) is 0 Å². The number of thioether (sulfide) groups is 1. The van der Waals surface area contributed by atoms with Crippen LogP contribution in [0.25, 0.3) is 0 Å². The summed E-state index contributed by atoms with van der Waals surface area (Å²) < 4.78 is 0. The number of hydrogen-bond acceptors (Lipinski definition) is 3. The van der Waals surface area contributed by atoms with Crippen molar-refractivity contribution in [2.24, 2.45) is 5.92 Å². The van der Waals surface area contributed by atoms with Crippen LogP contribution in [0.4, 0.5) is 4.79 Å². The number of rotatable bonds is 6. The summed E-state index contributed by atoms with van der Waals surface area (Å²) in [6.45, 7) is 4.28. The lowest BCUT2D eigenvalue weighted by Gasteiger charge is -2.29. The Morgan fingerprint density at radius 2 is 2.00 bits per heavy atom. The molecule has 0 heterocycles. The van der Waals surface area contributed by atoms with Gasteiger partial charge < -0.3 is 15.7 Å². The lowest BCUT2D eigenvalue weighted by Crippen LogP contribution is -2.49. The second-order valence-corrected chi connectivity index (χ2v) is 6.75. The highest BCUT2D eigenvalue weighted by molar-refractivity contribution is 7.98. The van der Waals surface area contributed by atoms with E-state index in [1.54, 1.807) is 18.7 Å². The van der Waals surface area contributed by atoms with Crippen LogP contribution < -0.4 is 10.6 Å². The van der Waals surface area contributed by atoms with Gasteiger partial charge in [-0.2, -0.15) is 11.8 Å². The first kappa shape index (κ1) is 16.6. The summed E-state index contributed by atoms with van der Waals surface area (Å²) in [6, 6.07) is 0.148. The van der Waals surface area contributed by atoms with Crippen LogP contribution >= 0.6 is 11.8 Å². The summed E-state index contributed by atoms with van der Waals surface area (Å²) in [5.74, 6) is 1.46. The molecule has 0 aromatic carbocycles. The topological polar surface area (TPSA) is 61.4 Å². The third-order valence-electron chi connectivity index (χ3n) is 3.84. The molecule has 0 radical (unpaired) electrons. The number of hydrogen-bond donors (Lipinski definition) is 3. The molecule has 1 unspecified atom stereocenters. The molecule has 1 aliphatic carbocycles. The Bertz CT molecular complexity index is 277. The Labute approximate surface area is 121 Å². The number of aliphatic hydroxyl groups is 1. The van der Waals surface area contributed by atoms with E-state index in [0.29, 0.717) is 18.3 Å². The first-order valence-electron chi connectivity index (χ1n) is 7.22. The van der Waals surface area contributed by atoms with Gasteiger partial charge in [0.05, 0.1) is 5.60 Å². The lowest BCUT2D eigenvalue weighted by atomic mass is 9.85. The summed E-state index contributed by atoms with van der Waals surface area (Å²) in [4.78, 5) is 11.8. The fourth-order valence-corrected chi connectivity index (χ4v) is 3.31. The zero-order valence-corrected chi connectivity index (χ0v) is 13.2. The molecule has 1 atom stereocenters. The predicted octanol–water partition coefficient (Wildman–Crippen LogP) is 2.37. The van der Waals surface area contributed by atoms with E-state index in [1.165, 1.54) is 19.3 Å². The van der Waals surface area contributed by atoms with Gasteiger partial charge in [0.25, 0.3) is 0 Å². The highest BCUT2D eigenvalue weighted by atomic mass is 32.2. The zero-order chi connectivity index (χ0) is 14.3. The number of nitrogens with one attached hydrogen (secondary N) is 2. The van der Waals surface area contributed by atoms with E-state index in [0.717, 1.165) is 18.8 Å². The predicted molar refractivity (Wildman–Crippen MR) is 81.6 cm³/mol. The van der Waals surface area contributed by atoms with Crippen molar-refractivity contribution in [2.45, 2.75) is 57.6 Å². The molecular weight excluding hydrogens is 260 g/mol. The summed E-state index contributed by atoms with van der Waals surface area (Å²) >= 11 is 1.58. The number of urea groups is 1. The Morgan fingerprint density at radius 1 is 1.37 bits per heavy atom. The van der Waals surface area contributed by atoms with Crippen LogP contribution in [0.3, 0.4) is 0 Å². The van der Waals surface area contributed by atoms with Crippen molar-refractivity contribution < 1.29 is 9.90 Å². The third kappa shape index (κ3) is 6.52. The zero-order valence-electron chi connectivity index (χ0n) is 12.4. The molecular formula is C14H28N2O2S. The summed E-state index contributed by atoms with van der Waals surface area (Å²) in [5.41, 5.74) is -0.837. The average Bonchev–Trinajstić information content (AvgIpc) is 2.37. The van der Waals surface area contributed by atoms with Gasteiger partial charge in [0.2, 0.25) is 0 Å². The molecule has 0 aromatic rings. The molecule has 19 heavy (non-hydrogen) atoms. The normalized spacial score (nSPS) is 26.5. The fraction of sp³-hybridized carbons (Fsp3) is 0.929. The minimum Gasteiger partial charge on any atom is -0.387 e. The third-order valence-corrected chi connectivity index (χ3v) is 4.75. The first-order valence-corrected chi connectivity index (χ1v) is 8.62. The van der Waals surface area contributed by atoms with Gasteiger partial charge in [-0.25, -0.2) is 4.79 Å². The van der Waals surface area contributed by atoms with E-state index < -0.39 is 5.60 Å². The molecule has 0 spiro atoms. The van der Waals surface area contributed by atoms with Crippen molar-refractivity contribution in [1.29, 1.82) is 0 Å². The highest BCUT2D eigenvalue weighted by Gasteiger charge is 2.23. The van der Waals surface area contributed by atoms with E-state index in [2.05, 4.69) is 17.6 Å². The highest BCUT2D eigenvalue weighted by Crippen LogP contribution is 2.26. The van der Waals surface area contributed by atoms with Gasteiger partial charge >= 0.3 is 6.03 Å². The monoisotopic (exact) mass is 288 g/mol. The minimum atomic E-state index is -0.837. The molecule has 1 saturated carbocycles. The molecule has 3 N–H and O–H groups in total. The van der Waals surface area contributed by atoms with Crippen LogP contribution in [-0.2, 0) is 0 Å². The van der Waals surface area contributed by atoms with Crippen LogP contribution in [-0.4, -0.2) is 41.3 Å². The summed E-state index contributed by atoms with van der Waals surface area (Å²) in [7, 11) is 0. The molecule has 0 aliphatic heterocycles. The maximum atomic E-state index is 11.8. The van der Waals surface area contributed by atoms with Gasteiger partial charge in [-0.3, -0.25) is 0 Å². The minimum absolute atomic E-state index is 0.152. The first-order chi connectivity index (χ1) is 8.96. The van der Waals surface area contributed by atoms with Crippen molar-refractivity contribution >= 4 is 17.8 Å². The largest absolute Gasteiger partial charge is 0.387 e. The van der Waals surface area contributed by atoms with Crippen molar-refractivity contribution in [3.8, 4) is 0 Å². The Hall–Kier alpha value is -0.420. The van der Waals surface area contributed by atoms with Gasteiger partial charge in [-0.1, -0.05) is 13.3 Å². The van der Waals surface area contributed by atoms with Crippen LogP contribution in [0.15, 0.2) is 0 Å². The van der Waals surface area contributed by atoms with Gasteiger partial charge in [-0.05, 0) is 44.8 Å². The molecule has 1 aliphatic rings. The van der Waals surface area contributed by atoms with Gasteiger partial charge in [-0.15, -0.1) is 0 Å². The van der Waals surface area contributed by atoms with E-state index in [9.17, 15) is 9.90 Å². The van der Waals surface area contributed by atoms with Gasteiger partial charge in [0.1, 0.15) is 0 Å². The van der Waals surface area contributed by atoms with Crippen LogP contribution in [0.1, 0.15) is 46.0 Å². The smallest absolute Gasteiger partial charge is 0.315 e. The Morgan fingerprint density at radius 3 is 2.53 bits per heavy atom. The molecule has 2 amide bonds. The number of carbonyl (C=O) groups is 1.